The number of nitro groups is 1. The summed E-state index contributed by atoms with van der Waals surface area (Å²) in [6.45, 7) is 1.62. The van der Waals surface area contributed by atoms with Crippen LogP contribution in [0.15, 0.2) is 52.3 Å². The van der Waals surface area contributed by atoms with Crippen molar-refractivity contribution in [2.24, 2.45) is 0 Å². The van der Waals surface area contributed by atoms with Gasteiger partial charge in [0.1, 0.15) is 0 Å². The Morgan fingerprint density at radius 3 is 2.92 bits per heavy atom. The van der Waals surface area contributed by atoms with E-state index in [0.717, 1.165) is 4.88 Å². The van der Waals surface area contributed by atoms with Crippen LogP contribution in [-0.4, -0.2) is 21.1 Å². The van der Waals surface area contributed by atoms with Crippen LogP contribution in [-0.2, 0) is 9.53 Å². The number of aromatic nitrogens is 2. The molecule has 0 saturated carbocycles. The number of hydrogen-bond acceptors (Lipinski definition) is 8. The molecule has 9 heteroatoms. The van der Waals surface area contributed by atoms with Crippen LogP contribution in [0.3, 0.4) is 0 Å². The number of carbonyl (C=O) groups is 1. The molecule has 3 aromatic rings. The fourth-order valence-electron chi connectivity index (χ4n) is 2.07. The summed E-state index contributed by atoms with van der Waals surface area (Å²) in [4.78, 5) is 23.0. The van der Waals surface area contributed by atoms with Crippen molar-refractivity contribution in [1.82, 2.24) is 10.2 Å². The molecule has 0 saturated heterocycles. The van der Waals surface area contributed by atoms with Crippen molar-refractivity contribution >= 4 is 29.1 Å². The Hall–Kier alpha value is -3.33. The van der Waals surface area contributed by atoms with Crippen molar-refractivity contribution in [3.63, 3.8) is 0 Å². The molecule has 2 heterocycles. The van der Waals surface area contributed by atoms with E-state index >= 15 is 0 Å². The van der Waals surface area contributed by atoms with Crippen molar-refractivity contribution in [3.05, 3.63) is 69.4 Å². The number of ether oxygens (including phenoxy) is 1. The van der Waals surface area contributed by atoms with Crippen LogP contribution in [0.2, 0.25) is 0 Å². The van der Waals surface area contributed by atoms with E-state index in [2.05, 4.69) is 10.2 Å². The number of benzene rings is 1. The smallest absolute Gasteiger partial charge is 0.331 e. The molecule has 0 aliphatic rings. The van der Waals surface area contributed by atoms with Gasteiger partial charge in [0.25, 0.3) is 17.5 Å². The second kappa shape index (κ2) is 7.70. The van der Waals surface area contributed by atoms with E-state index in [9.17, 15) is 14.9 Å². The van der Waals surface area contributed by atoms with Crippen LogP contribution in [0, 0.1) is 10.1 Å². The zero-order valence-corrected chi connectivity index (χ0v) is 14.4. The second-order valence-electron chi connectivity index (χ2n) is 5.19. The van der Waals surface area contributed by atoms with E-state index in [0.29, 0.717) is 11.5 Å². The zero-order chi connectivity index (χ0) is 18.5. The molecule has 0 fully saturated rings. The quantitative estimate of drug-likeness (QED) is 0.278. The number of nitro benzene ring substituents is 1. The summed E-state index contributed by atoms with van der Waals surface area (Å²) in [7, 11) is 0. The molecule has 0 radical (unpaired) electrons. The average molecular weight is 371 g/mol. The number of carbonyl (C=O) groups excluding carboxylic acids is 1. The summed E-state index contributed by atoms with van der Waals surface area (Å²) >= 11 is 1.46. The number of thiophene rings is 1. The van der Waals surface area contributed by atoms with E-state index in [1.54, 1.807) is 13.0 Å². The van der Waals surface area contributed by atoms with Crippen molar-refractivity contribution in [2.45, 2.75) is 13.0 Å². The van der Waals surface area contributed by atoms with Gasteiger partial charge in [-0.1, -0.05) is 18.2 Å². The normalized spacial score (nSPS) is 12.2. The molecule has 0 spiro atoms. The lowest BCUT2D eigenvalue weighted by Gasteiger charge is -2.06. The minimum atomic E-state index is -0.724. The largest absolute Gasteiger partial charge is 0.449 e. The summed E-state index contributed by atoms with van der Waals surface area (Å²) in [5, 5.41) is 20.5. The Bertz CT molecular complexity index is 949. The maximum atomic E-state index is 11.9. The molecule has 0 bridgehead atoms. The summed E-state index contributed by atoms with van der Waals surface area (Å²) in [5.41, 5.74) is 0.461. The molecule has 0 aliphatic carbocycles. The maximum Gasteiger partial charge on any atom is 0.331 e. The highest BCUT2D eigenvalue weighted by atomic mass is 32.1. The van der Waals surface area contributed by atoms with Crippen LogP contribution < -0.4 is 0 Å². The SMILES string of the molecule is C[C@@H](OC(=O)/C=C/c1cccc([N+](=O)[O-])c1)c1nnc(-c2cccs2)o1. The molecular formula is C17H13N3O5S. The Morgan fingerprint density at radius 1 is 1.35 bits per heavy atom. The molecule has 8 nitrogen and oxygen atoms in total. The Kier molecular flexibility index (Phi) is 5.18. The lowest BCUT2D eigenvalue weighted by molar-refractivity contribution is -0.384. The van der Waals surface area contributed by atoms with Gasteiger partial charge in [-0.15, -0.1) is 21.5 Å². The monoisotopic (exact) mass is 371 g/mol. The van der Waals surface area contributed by atoms with Crippen LogP contribution >= 0.6 is 11.3 Å². The number of non-ortho nitro benzene ring substituents is 1. The Balaban J connectivity index is 1.62. The van der Waals surface area contributed by atoms with E-state index in [1.807, 2.05) is 17.5 Å². The van der Waals surface area contributed by atoms with Crippen LogP contribution in [0.25, 0.3) is 16.8 Å². The molecule has 3 rings (SSSR count). The average Bonchev–Trinajstić information content (AvgIpc) is 3.31. The zero-order valence-electron chi connectivity index (χ0n) is 13.6. The Morgan fingerprint density at radius 2 is 2.19 bits per heavy atom. The first-order valence-corrected chi connectivity index (χ1v) is 8.41. The van der Waals surface area contributed by atoms with E-state index in [4.69, 9.17) is 9.15 Å². The fourth-order valence-corrected chi connectivity index (χ4v) is 2.71. The van der Waals surface area contributed by atoms with Gasteiger partial charge in [-0.25, -0.2) is 4.79 Å². The third-order valence-electron chi connectivity index (χ3n) is 3.31. The van der Waals surface area contributed by atoms with E-state index in [-0.39, 0.29) is 11.6 Å². The van der Waals surface area contributed by atoms with Gasteiger partial charge in [-0.05, 0) is 30.0 Å². The summed E-state index contributed by atoms with van der Waals surface area (Å²) in [6.07, 6.45) is 1.90. The third kappa shape index (κ3) is 4.19. The summed E-state index contributed by atoms with van der Waals surface area (Å²) in [5.74, 6) is -0.0737. The van der Waals surface area contributed by atoms with Crippen LogP contribution in [0.4, 0.5) is 5.69 Å². The van der Waals surface area contributed by atoms with Crippen molar-refractivity contribution in [3.8, 4) is 10.8 Å². The molecule has 1 aromatic carbocycles. The Labute approximate surface area is 151 Å². The molecule has 1 atom stereocenters. The van der Waals surface area contributed by atoms with Gasteiger partial charge in [-0.3, -0.25) is 10.1 Å². The fraction of sp³-hybridized carbons (Fsp3) is 0.118. The highest BCUT2D eigenvalue weighted by molar-refractivity contribution is 7.13. The van der Waals surface area contributed by atoms with E-state index in [1.165, 1.54) is 41.7 Å². The molecule has 0 unspecified atom stereocenters. The standard InChI is InChI=1S/C17H13N3O5S/c1-11(16-18-19-17(25-16)14-6-3-9-26-14)24-15(21)8-7-12-4-2-5-13(10-12)20(22)23/h2-11H,1H3/b8-7+/t11-/m1/s1. The highest BCUT2D eigenvalue weighted by Crippen LogP contribution is 2.25. The van der Waals surface area contributed by atoms with Gasteiger partial charge in [0, 0.05) is 18.2 Å². The number of nitrogens with zero attached hydrogens (tertiary/aromatic N) is 3. The first kappa shape index (κ1) is 17.5. The first-order chi connectivity index (χ1) is 12.5. The van der Waals surface area contributed by atoms with Crippen molar-refractivity contribution < 1.29 is 18.9 Å². The molecule has 26 heavy (non-hydrogen) atoms. The van der Waals surface area contributed by atoms with Crippen LogP contribution in [0.5, 0.6) is 0 Å². The van der Waals surface area contributed by atoms with Gasteiger partial charge >= 0.3 is 5.97 Å². The maximum absolute atomic E-state index is 11.9. The lowest BCUT2D eigenvalue weighted by atomic mass is 10.2. The lowest BCUT2D eigenvalue weighted by Crippen LogP contribution is -2.06. The number of hydrogen-bond donors (Lipinski definition) is 0. The molecule has 0 N–H and O–H groups in total. The predicted molar refractivity (Wildman–Crippen MR) is 94.2 cm³/mol. The molecule has 132 valence electrons. The topological polar surface area (TPSA) is 108 Å². The van der Waals surface area contributed by atoms with E-state index < -0.39 is 17.0 Å². The second-order valence-corrected chi connectivity index (χ2v) is 6.13. The molecule has 0 aliphatic heterocycles. The minimum Gasteiger partial charge on any atom is -0.449 e. The van der Waals surface area contributed by atoms with Crippen molar-refractivity contribution in [2.75, 3.05) is 0 Å². The van der Waals surface area contributed by atoms with Gasteiger partial charge in [0.15, 0.2) is 6.10 Å². The number of rotatable bonds is 6. The van der Waals surface area contributed by atoms with Gasteiger partial charge in [0.2, 0.25) is 0 Å². The third-order valence-corrected chi connectivity index (χ3v) is 4.16. The minimum absolute atomic E-state index is 0.0548. The summed E-state index contributed by atoms with van der Waals surface area (Å²) in [6, 6.07) is 9.63. The highest BCUT2D eigenvalue weighted by Gasteiger charge is 2.18. The molecular weight excluding hydrogens is 358 g/mol. The molecule has 0 amide bonds. The first-order valence-electron chi connectivity index (χ1n) is 7.53. The number of esters is 1. The van der Waals surface area contributed by atoms with Gasteiger partial charge in [-0.2, -0.15) is 0 Å². The van der Waals surface area contributed by atoms with Gasteiger partial charge in [0.05, 0.1) is 9.80 Å². The summed E-state index contributed by atoms with van der Waals surface area (Å²) < 4.78 is 10.7. The molecule has 2 aromatic heterocycles. The van der Waals surface area contributed by atoms with Crippen molar-refractivity contribution in [1.29, 1.82) is 0 Å². The van der Waals surface area contributed by atoms with Crippen LogP contribution in [0.1, 0.15) is 24.5 Å². The predicted octanol–water partition coefficient (Wildman–Crippen LogP) is 4.02. The van der Waals surface area contributed by atoms with Gasteiger partial charge < -0.3 is 9.15 Å².